The highest BCUT2D eigenvalue weighted by Crippen LogP contribution is 2.42. The zero-order valence-electron chi connectivity index (χ0n) is 12.4. The molecule has 2 heteroatoms. The van der Waals surface area contributed by atoms with Gasteiger partial charge in [0.2, 0.25) is 0 Å². The third-order valence-corrected chi connectivity index (χ3v) is 5.21. The van der Waals surface area contributed by atoms with Crippen molar-refractivity contribution in [3.63, 3.8) is 0 Å². The molecular weight excluding hydrogens is 262 g/mol. The third-order valence-electron chi connectivity index (χ3n) is 4.09. The molecule has 0 spiro atoms. The average molecular weight is 285 g/mol. The monoisotopic (exact) mass is 285 g/mol. The smallest absolute Gasteiger partial charge is 0.0941 e. The molecule has 1 aliphatic carbocycles. The first kappa shape index (κ1) is 13.7. The molecule has 1 aromatic carbocycles. The van der Waals surface area contributed by atoms with E-state index < -0.39 is 0 Å². The summed E-state index contributed by atoms with van der Waals surface area (Å²) in [5, 5.41) is 1.01. The zero-order chi connectivity index (χ0) is 14.1. The highest BCUT2D eigenvalue weighted by molar-refractivity contribution is 7.16. The van der Waals surface area contributed by atoms with Crippen LogP contribution in [-0.4, -0.2) is 0 Å². The Morgan fingerprint density at radius 3 is 2.50 bits per heavy atom. The number of fused-ring (bicyclic) bond motifs is 1. The molecule has 0 atom stereocenters. The van der Waals surface area contributed by atoms with Gasteiger partial charge in [0.15, 0.2) is 0 Å². The highest BCUT2D eigenvalue weighted by Gasteiger charge is 2.20. The van der Waals surface area contributed by atoms with Crippen LogP contribution in [0.4, 0.5) is 5.00 Å². The Balaban J connectivity index is 1.95. The molecule has 0 fully saturated rings. The summed E-state index contributed by atoms with van der Waals surface area (Å²) in [6, 6.07) is 9.04. The van der Waals surface area contributed by atoms with E-state index in [2.05, 4.69) is 38.1 Å². The van der Waals surface area contributed by atoms with Crippen molar-refractivity contribution in [2.75, 3.05) is 5.73 Å². The molecular formula is C18H23NS. The molecule has 0 amide bonds. The quantitative estimate of drug-likeness (QED) is 0.836. The standard InChI is InChI=1S/C18H23NS/c1-12(2)11-13-7-9-14(10-8-13)17-15-5-3-4-6-16(15)20-18(17)19/h7-10,12H,3-6,11,19H2,1-2H3. The van der Waals surface area contributed by atoms with Crippen LogP contribution in [0.1, 0.15) is 42.7 Å². The fourth-order valence-corrected chi connectivity index (χ4v) is 4.36. The van der Waals surface area contributed by atoms with Crippen molar-refractivity contribution >= 4 is 16.3 Å². The Morgan fingerprint density at radius 1 is 1.10 bits per heavy atom. The second-order valence-electron chi connectivity index (χ2n) is 6.25. The molecule has 2 aromatic rings. The first-order valence-corrected chi connectivity index (χ1v) is 8.46. The van der Waals surface area contributed by atoms with E-state index in [9.17, 15) is 0 Å². The molecule has 1 nitrogen and oxygen atoms in total. The summed E-state index contributed by atoms with van der Waals surface area (Å²) in [4.78, 5) is 1.52. The third kappa shape index (κ3) is 2.62. The predicted octanol–water partition coefficient (Wildman–Crippen LogP) is 5.07. The van der Waals surface area contributed by atoms with Crippen molar-refractivity contribution in [2.24, 2.45) is 5.92 Å². The second-order valence-corrected chi connectivity index (χ2v) is 7.38. The van der Waals surface area contributed by atoms with Crippen LogP contribution < -0.4 is 5.73 Å². The number of nitrogen functional groups attached to an aromatic ring is 1. The number of nitrogens with two attached hydrogens (primary N) is 1. The molecule has 0 saturated carbocycles. The van der Waals surface area contributed by atoms with Gasteiger partial charge in [-0.15, -0.1) is 11.3 Å². The topological polar surface area (TPSA) is 26.0 Å². The summed E-state index contributed by atoms with van der Waals surface area (Å²) in [5.41, 5.74) is 11.9. The fourth-order valence-electron chi connectivity index (χ4n) is 3.18. The molecule has 0 bridgehead atoms. The van der Waals surface area contributed by atoms with Crippen LogP contribution in [0.2, 0.25) is 0 Å². The summed E-state index contributed by atoms with van der Waals surface area (Å²) in [6.07, 6.45) is 6.20. The lowest BCUT2D eigenvalue weighted by Gasteiger charge is -2.13. The van der Waals surface area contributed by atoms with Crippen LogP contribution in [0, 0.1) is 5.92 Å². The van der Waals surface area contributed by atoms with Gasteiger partial charge in [-0.25, -0.2) is 0 Å². The second kappa shape index (κ2) is 5.61. The van der Waals surface area contributed by atoms with E-state index in [0.29, 0.717) is 5.92 Å². The number of benzene rings is 1. The molecule has 2 N–H and O–H groups in total. The lowest BCUT2D eigenvalue weighted by Crippen LogP contribution is -2.00. The van der Waals surface area contributed by atoms with Crippen molar-refractivity contribution in [1.29, 1.82) is 0 Å². The molecule has 1 heterocycles. The molecule has 0 radical (unpaired) electrons. The summed E-state index contributed by atoms with van der Waals surface area (Å²) in [6.45, 7) is 4.53. The van der Waals surface area contributed by atoms with Crippen LogP contribution in [0.25, 0.3) is 11.1 Å². The molecule has 1 aromatic heterocycles. The minimum absolute atomic E-state index is 0.708. The Hall–Kier alpha value is -1.28. The Morgan fingerprint density at radius 2 is 1.80 bits per heavy atom. The first-order chi connectivity index (χ1) is 9.65. The predicted molar refractivity (Wildman–Crippen MR) is 89.4 cm³/mol. The van der Waals surface area contributed by atoms with Crippen LogP contribution in [0.15, 0.2) is 24.3 Å². The molecule has 3 rings (SSSR count). The summed E-state index contributed by atoms with van der Waals surface area (Å²) in [5.74, 6) is 0.708. The van der Waals surface area contributed by atoms with Gasteiger partial charge < -0.3 is 5.73 Å². The molecule has 1 aliphatic rings. The lowest BCUT2D eigenvalue weighted by atomic mass is 9.91. The van der Waals surface area contributed by atoms with Crippen LogP contribution in [0.3, 0.4) is 0 Å². The van der Waals surface area contributed by atoms with E-state index in [0.717, 1.165) is 11.4 Å². The van der Waals surface area contributed by atoms with Gasteiger partial charge in [-0.05, 0) is 54.7 Å². The van der Waals surface area contributed by atoms with Gasteiger partial charge in [-0.2, -0.15) is 0 Å². The Labute approximate surface area is 125 Å². The number of anilines is 1. The normalized spacial score (nSPS) is 14.6. The van der Waals surface area contributed by atoms with Gasteiger partial charge in [0, 0.05) is 10.4 Å². The maximum atomic E-state index is 6.29. The highest BCUT2D eigenvalue weighted by atomic mass is 32.1. The maximum Gasteiger partial charge on any atom is 0.0941 e. The number of aryl methyl sites for hydroxylation is 1. The van der Waals surface area contributed by atoms with Gasteiger partial charge in [-0.3, -0.25) is 0 Å². The van der Waals surface area contributed by atoms with E-state index in [1.54, 1.807) is 11.3 Å². The van der Waals surface area contributed by atoms with Gasteiger partial charge in [0.05, 0.1) is 5.00 Å². The molecule has 106 valence electrons. The molecule has 0 aliphatic heterocycles. The first-order valence-electron chi connectivity index (χ1n) is 7.64. The average Bonchev–Trinajstić information content (AvgIpc) is 2.75. The van der Waals surface area contributed by atoms with Crippen molar-refractivity contribution in [1.82, 2.24) is 0 Å². The number of hydrogen-bond donors (Lipinski definition) is 1. The molecule has 20 heavy (non-hydrogen) atoms. The Kier molecular flexibility index (Phi) is 3.84. The Bertz CT molecular complexity index is 593. The van der Waals surface area contributed by atoms with Crippen molar-refractivity contribution in [3.8, 4) is 11.1 Å². The van der Waals surface area contributed by atoms with Crippen LogP contribution in [-0.2, 0) is 19.3 Å². The number of thiophene rings is 1. The van der Waals surface area contributed by atoms with Gasteiger partial charge in [0.1, 0.15) is 0 Å². The summed E-state index contributed by atoms with van der Waals surface area (Å²) in [7, 11) is 0. The van der Waals surface area contributed by atoms with Gasteiger partial charge in [-0.1, -0.05) is 38.1 Å². The van der Waals surface area contributed by atoms with E-state index in [4.69, 9.17) is 5.73 Å². The van der Waals surface area contributed by atoms with E-state index in [1.165, 1.54) is 52.8 Å². The summed E-state index contributed by atoms with van der Waals surface area (Å²) >= 11 is 1.80. The minimum atomic E-state index is 0.708. The minimum Gasteiger partial charge on any atom is -0.390 e. The van der Waals surface area contributed by atoms with Crippen molar-refractivity contribution in [2.45, 2.75) is 46.0 Å². The lowest BCUT2D eigenvalue weighted by molar-refractivity contribution is 0.647. The van der Waals surface area contributed by atoms with Crippen LogP contribution >= 0.6 is 11.3 Å². The van der Waals surface area contributed by atoms with Crippen molar-refractivity contribution in [3.05, 3.63) is 40.3 Å². The van der Waals surface area contributed by atoms with E-state index in [-0.39, 0.29) is 0 Å². The molecule has 0 unspecified atom stereocenters. The van der Waals surface area contributed by atoms with Gasteiger partial charge in [0.25, 0.3) is 0 Å². The molecule has 0 saturated heterocycles. The largest absolute Gasteiger partial charge is 0.390 e. The zero-order valence-corrected chi connectivity index (χ0v) is 13.2. The summed E-state index contributed by atoms with van der Waals surface area (Å²) < 4.78 is 0. The van der Waals surface area contributed by atoms with Gasteiger partial charge >= 0.3 is 0 Å². The van der Waals surface area contributed by atoms with Crippen LogP contribution in [0.5, 0.6) is 0 Å². The maximum absolute atomic E-state index is 6.29. The van der Waals surface area contributed by atoms with Crippen molar-refractivity contribution < 1.29 is 0 Å². The number of rotatable bonds is 3. The number of hydrogen-bond acceptors (Lipinski definition) is 2. The van der Waals surface area contributed by atoms with E-state index in [1.807, 2.05) is 0 Å². The fraction of sp³-hybridized carbons (Fsp3) is 0.444. The SMILES string of the molecule is CC(C)Cc1ccc(-c2c(N)sc3c2CCCC3)cc1. The van der Waals surface area contributed by atoms with E-state index >= 15 is 0 Å².